The van der Waals surface area contributed by atoms with E-state index >= 15 is 0 Å². The molecule has 0 aromatic heterocycles. The molecule has 4 nitrogen and oxygen atoms in total. The molecule has 1 aromatic rings. The smallest absolute Gasteiger partial charge is 0.408 e. The van der Waals surface area contributed by atoms with Crippen molar-refractivity contribution in [2.24, 2.45) is 0 Å². The SMILES string of the molecule is CC(C)(CNCc1ccc(Br)cc1Cl)NC(=O)OC(C)(C)C. The third kappa shape index (κ3) is 7.47. The van der Waals surface area contributed by atoms with E-state index in [1.165, 1.54) is 0 Å². The molecule has 0 fully saturated rings. The van der Waals surface area contributed by atoms with E-state index in [0.29, 0.717) is 18.1 Å². The quantitative estimate of drug-likeness (QED) is 0.777. The van der Waals surface area contributed by atoms with Crippen LogP contribution in [0.3, 0.4) is 0 Å². The number of benzene rings is 1. The van der Waals surface area contributed by atoms with Crippen LogP contribution in [0, 0.1) is 0 Å². The van der Waals surface area contributed by atoms with Crippen LogP contribution in [-0.4, -0.2) is 23.8 Å². The van der Waals surface area contributed by atoms with Crippen molar-refractivity contribution in [2.75, 3.05) is 6.54 Å². The molecule has 2 N–H and O–H groups in total. The van der Waals surface area contributed by atoms with E-state index in [1.807, 2.05) is 52.8 Å². The highest BCUT2D eigenvalue weighted by atomic mass is 79.9. The second kappa shape index (κ2) is 7.66. The first kappa shape index (κ1) is 19.3. The summed E-state index contributed by atoms with van der Waals surface area (Å²) in [6, 6.07) is 5.78. The summed E-state index contributed by atoms with van der Waals surface area (Å²) in [6.45, 7) is 10.6. The molecule has 0 unspecified atom stereocenters. The van der Waals surface area contributed by atoms with Crippen LogP contribution < -0.4 is 10.6 Å². The molecular formula is C16H24BrClN2O2. The van der Waals surface area contributed by atoms with Gasteiger partial charge < -0.3 is 15.4 Å². The molecule has 0 spiro atoms. The average molecular weight is 392 g/mol. The molecule has 0 radical (unpaired) electrons. The van der Waals surface area contributed by atoms with Gasteiger partial charge in [0.05, 0.1) is 5.54 Å². The van der Waals surface area contributed by atoms with Gasteiger partial charge >= 0.3 is 6.09 Å². The van der Waals surface area contributed by atoms with Crippen LogP contribution in [-0.2, 0) is 11.3 Å². The van der Waals surface area contributed by atoms with Crippen molar-refractivity contribution in [3.05, 3.63) is 33.3 Å². The molecule has 124 valence electrons. The predicted molar refractivity (Wildman–Crippen MR) is 94.3 cm³/mol. The van der Waals surface area contributed by atoms with Crippen molar-refractivity contribution in [2.45, 2.75) is 52.3 Å². The summed E-state index contributed by atoms with van der Waals surface area (Å²) in [5, 5.41) is 6.87. The zero-order valence-corrected chi connectivity index (χ0v) is 16.1. The second-order valence-electron chi connectivity index (χ2n) is 6.85. The maximum Gasteiger partial charge on any atom is 0.408 e. The van der Waals surface area contributed by atoms with Crippen LogP contribution in [0.4, 0.5) is 4.79 Å². The maximum absolute atomic E-state index is 11.8. The molecule has 0 aliphatic heterocycles. The molecule has 0 saturated carbocycles. The topological polar surface area (TPSA) is 50.4 Å². The first-order valence-corrected chi connectivity index (χ1v) is 8.31. The molecule has 1 amide bonds. The molecule has 0 bridgehead atoms. The minimum atomic E-state index is -0.501. The van der Waals surface area contributed by atoms with Gasteiger partial charge in [-0.05, 0) is 52.3 Å². The first-order valence-electron chi connectivity index (χ1n) is 7.14. The van der Waals surface area contributed by atoms with Gasteiger partial charge in [-0.3, -0.25) is 0 Å². The van der Waals surface area contributed by atoms with E-state index in [2.05, 4.69) is 26.6 Å². The van der Waals surface area contributed by atoms with E-state index < -0.39 is 17.2 Å². The lowest BCUT2D eigenvalue weighted by atomic mass is 10.1. The van der Waals surface area contributed by atoms with E-state index in [4.69, 9.17) is 16.3 Å². The van der Waals surface area contributed by atoms with E-state index in [1.54, 1.807) is 0 Å². The lowest BCUT2D eigenvalue weighted by molar-refractivity contribution is 0.0472. The molecule has 0 aliphatic rings. The van der Waals surface area contributed by atoms with Crippen molar-refractivity contribution in [3.63, 3.8) is 0 Å². The van der Waals surface area contributed by atoms with E-state index in [9.17, 15) is 4.79 Å². The van der Waals surface area contributed by atoms with Crippen LogP contribution in [0.2, 0.25) is 5.02 Å². The molecule has 0 atom stereocenters. The largest absolute Gasteiger partial charge is 0.444 e. The number of ether oxygens (including phenoxy) is 1. The molecule has 1 rings (SSSR count). The Morgan fingerprint density at radius 1 is 1.27 bits per heavy atom. The summed E-state index contributed by atoms with van der Waals surface area (Å²) in [4.78, 5) is 11.8. The third-order valence-corrected chi connectivity index (χ3v) is 3.58. The van der Waals surface area contributed by atoms with Crippen molar-refractivity contribution < 1.29 is 9.53 Å². The summed E-state index contributed by atoms with van der Waals surface area (Å²) in [5.41, 5.74) is 0.0841. The van der Waals surface area contributed by atoms with Gasteiger partial charge in [0.1, 0.15) is 5.60 Å². The fraction of sp³-hybridized carbons (Fsp3) is 0.562. The Bertz CT molecular complexity index is 527. The number of hydrogen-bond donors (Lipinski definition) is 2. The van der Waals surface area contributed by atoms with Crippen LogP contribution in [0.15, 0.2) is 22.7 Å². The Labute approximate surface area is 146 Å². The number of nitrogens with one attached hydrogen (secondary N) is 2. The van der Waals surface area contributed by atoms with Gasteiger partial charge in [-0.1, -0.05) is 33.6 Å². The average Bonchev–Trinajstić information content (AvgIpc) is 2.28. The highest BCUT2D eigenvalue weighted by Gasteiger charge is 2.24. The fourth-order valence-corrected chi connectivity index (χ4v) is 2.54. The normalized spacial score (nSPS) is 12.1. The summed E-state index contributed by atoms with van der Waals surface area (Å²) in [5.74, 6) is 0. The third-order valence-electron chi connectivity index (χ3n) is 2.74. The number of carbonyl (C=O) groups is 1. The highest BCUT2D eigenvalue weighted by molar-refractivity contribution is 9.10. The van der Waals surface area contributed by atoms with Gasteiger partial charge in [0, 0.05) is 22.6 Å². The zero-order valence-electron chi connectivity index (χ0n) is 13.7. The minimum Gasteiger partial charge on any atom is -0.444 e. The molecule has 0 aliphatic carbocycles. The van der Waals surface area contributed by atoms with Crippen molar-refractivity contribution in [3.8, 4) is 0 Å². The fourth-order valence-electron chi connectivity index (χ4n) is 1.80. The van der Waals surface area contributed by atoms with Crippen molar-refractivity contribution in [1.82, 2.24) is 10.6 Å². The second-order valence-corrected chi connectivity index (χ2v) is 8.17. The Balaban J connectivity index is 2.47. The molecule has 0 heterocycles. The number of carbonyl (C=O) groups excluding carboxylic acids is 1. The first-order chi connectivity index (χ1) is 9.98. The minimum absolute atomic E-state index is 0.416. The summed E-state index contributed by atoms with van der Waals surface area (Å²) >= 11 is 9.56. The lowest BCUT2D eigenvalue weighted by Gasteiger charge is -2.29. The lowest BCUT2D eigenvalue weighted by Crippen LogP contribution is -2.51. The Hall–Kier alpha value is -0.780. The van der Waals surface area contributed by atoms with Gasteiger partial charge in [-0.2, -0.15) is 0 Å². The van der Waals surface area contributed by atoms with Crippen LogP contribution in [0.25, 0.3) is 0 Å². The van der Waals surface area contributed by atoms with Crippen LogP contribution in [0.5, 0.6) is 0 Å². The van der Waals surface area contributed by atoms with Crippen LogP contribution >= 0.6 is 27.5 Å². The molecule has 1 aromatic carbocycles. The van der Waals surface area contributed by atoms with Gasteiger partial charge in [0.2, 0.25) is 0 Å². The summed E-state index contributed by atoms with van der Waals surface area (Å²) in [6.07, 6.45) is -0.416. The Kier molecular flexibility index (Phi) is 6.71. The van der Waals surface area contributed by atoms with Gasteiger partial charge in [-0.25, -0.2) is 4.79 Å². The number of halogens is 2. The highest BCUT2D eigenvalue weighted by Crippen LogP contribution is 2.21. The summed E-state index contributed by atoms with van der Waals surface area (Å²) < 4.78 is 6.22. The van der Waals surface area contributed by atoms with Crippen molar-refractivity contribution in [1.29, 1.82) is 0 Å². The zero-order chi connectivity index (χ0) is 17.0. The molecule has 0 saturated heterocycles. The molecular weight excluding hydrogens is 368 g/mol. The molecule has 6 heteroatoms. The predicted octanol–water partition coefficient (Wildman–Crippen LogP) is 4.50. The Morgan fingerprint density at radius 3 is 2.45 bits per heavy atom. The van der Waals surface area contributed by atoms with Gasteiger partial charge in [0.25, 0.3) is 0 Å². The standard InChI is InChI=1S/C16H24BrClN2O2/c1-15(2,3)22-14(21)20-16(4,5)10-19-9-11-6-7-12(17)8-13(11)18/h6-8,19H,9-10H2,1-5H3,(H,20,21). The Morgan fingerprint density at radius 2 is 1.91 bits per heavy atom. The number of rotatable bonds is 5. The van der Waals surface area contributed by atoms with E-state index in [-0.39, 0.29) is 0 Å². The number of alkyl carbamates (subject to hydrolysis) is 1. The van der Waals surface area contributed by atoms with Crippen LogP contribution in [0.1, 0.15) is 40.2 Å². The summed E-state index contributed by atoms with van der Waals surface area (Å²) in [7, 11) is 0. The maximum atomic E-state index is 11.8. The monoisotopic (exact) mass is 390 g/mol. The van der Waals surface area contributed by atoms with Gasteiger partial charge in [0.15, 0.2) is 0 Å². The van der Waals surface area contributed by atoms with Gasteiger partial charge in [-0.15, -0.1) is 0 Å². The van der Waals surface area contributed by atoms with E-state index in [0.717, 1.165) is 10.0 Å². The van der Waals surface area contributed by atoms with Crippen molar-refractivity contribution >= 4 is 33.6 Å². The molecule has 22 heavy (non-hydrogen) atoms. The number of hydrogen-bond acceptors (Lipinski definition) is 3. The number of amides is 1.